The van der Waals surface area contributed by atoms with Crippen LogP contribution in [0.2, 0.25) is 5.15 Å². The van der Waals surface area contributed by atoms with Crippen molar-refractivity contribution in [2.75, 3.05) is 26.8 Å². The third-order valence-corrected chi connectivity index (χ3v) is 3.05. The fraction of sp³-hybridized carbons (Fsp3) is 0.727. The Balaban J connectivity index is 2.42. The van der Waals surface area contributed by atoms with Crippen molar-refractivity contribution in [3.8, 4) is 0 Å². The maximum atomic E-state index is 9.86. The summed E-state index contributed by atoms with van der Waals surface area (Å²) >= 11 is 6.09. The van der Waals surface area contributed by atoms with E-state index in [0.717, 1.165) is 17.8 Å². The molecule has 1 rings (SSSR count). The van der Waals surface area contributed by atoms with Gasteiger partial charge in [0.25, 0.3) is 0 Å². The van der Waals surface area contributed by atoms with Gasteiger partial charge in [0.1, 0.15) is 5.15 Å². The molecule has 0 aromatic carbocycles. The molecule has 6 heteroatoms. The minimum absolute atomic E-state index is 0.466. The number of halogens is 1. The molecule has 0 aliphatic carbocycles. The number of hydrogen-bond acceptors (Lipinski definition) is 4. The van der Waals surface area contributed by atoms with E-state index in [0.29, 0.717) is 24.7 Å². The summed E-state index contributed by atoms with van der Waals surface area (Å²) in [6.07, 6.45) is 0.0469. The quantitative estimate of drug-likeness (QED) is 0.703. The normalized spacial score (nSPS) is 13.0. The zero-order chi connectivity index (χ0) is 12.8. The second kappa shape index (κ2) is 6.96. The zero-order valence-corrected chi connectivity index (χ0v) is 11.3. The van der Waals surface area contributed by atoms with Crippen LogP contribution in [0.4, 0.5) is 0 Å². The van der Waals surface area contributed by atoms with E-state index in [1.807, 2.05) is 6.92 Å². The van der Waals surface area contributed by atoms with E-state index in [1.54, 1.807) is 18.8 Å². The Bertz CT molecular complexity index is 355. The van der Waals surface area contributed by atoms with Gasteiger partial charge in [-0.05, 0) is 6.92 Å². The molecule has 2 N–H and O–H groups in total. The van der Waals surface area contributed by atoms with Crippen LogP contribution in [0.15, 0.2) is 0 Å². The molecule has 0 bridgehead atoms. The number of aliphatic hydroxyl groups excluding tert-OH is 1. The molecule has 17 heavy (non-hydrogen) atoms. The van der Waals surface area contributed by atoms with Crippen LogP contribution in [-0.4, -0.2) is 47.8 Å². The molecule has 0 fully saturated rings. The van der Waals surface area contributed by atoms with Crippen LogP contribution in [0.25, 0.3) is 0 Å². The van der Waals surface area contributed by atoms with Crippen molar-refractivity contribution in [2.24, 2.45) is 7.05 Å². The molecular weight excluding hydrogens is 242 g/mol. The van der Waals surface area contributed by atoms with Crippen molar-refractivity contribution < 1.29 is 9.84 Å². The lowest BCUT2D eigenvalue weighted by Crippen LogP contribution is -2.30. The number of ether oxygens (including phenoxy) is 1. The predicted octanol–water partition coefficient (Wildman–Crippen LogP) is 0.521. The Morgan fingerprint density at radius 3 is 2.82 bits per heavy atom. The van der Waals surface area contributed by atoms with Crippen molar-refractivity contribution in [3.05, 3.63) is 16.4 Å². The van der Waals surface area contributed by atoms with E-state index in [-0.39, 0.29) is 0 Å². The molecule has 0 aliphatic heterocycles. The van der Waals surface area contributed by atoms with Gasteiger partial charge in [0.05, 0.1) is 18.4 Å². The third-order valence-electron chi connectivity index (χ3n) is 2.57. The minimum Gasteiger partial charge on any atom is -0.391 e. The van der Waals surface area contributed by atoms with E-state index < -0.39 is 6.10 Å². The van der Waals surface area contributed by atoms with Gasteiger partial charge >= 0.3 is 0 Å². The second-order valence-electron chi connectivity index (χ2n) is 4.03. The molecule has 0 spiro atoms. The molecular formula is C11H20ClN3O2. The summed E-state index contributed by atoms with van der Waals surface area (Å²) in [5.41, 5.74) is 1.78. The number of rotatable bonds is 7. The predicted molar refractivity (Wildman–Crippen MR) is 67.4 cm³/mol. The summed E-state index contributed by atoms with van der Waals surface area (Å²) < 4.78 is 6.53. The fourth-order valence-electron chi connectivity index (χ4n) is 1.66. The fourth-order valence-corrected chi connectivity index (χ4v) is 1.91. The molecule has 5 nitrogen and oxygen atoms in total. The number of aliphatic hydroxyl groups is 1. The van der Waals surface area contributed by atoms with Crippen LogP contribution in [0.5, 0.6) is 0 Å². The molecule has 98 valence electrons. The maximum Gasteiger partial charge on any atom is 0.130 e. The van der Waals surface area contributed by atoms with Gasteiger partial charge in [-0.15, -0.1) is 0 Å². The number of nitrogens with one attached hydrogen (secondary N) is 1. The largest absolute Gasteiger partial charge is 0.391 e. The first-order valence-electron chi connectivity index (χ1n) is 5.62. The summed E-state index contributed by atoms with van der Waals surface area (Å²) in [6.45, 7) is 3.78. The molecule has 1 aromatic rings. The van der Waals surface area contributed by atoms with Gasteiger partial charge in [-0.3, -0.25) is 4.68 Å². The second-order valence-corrected chi connectivity index (χ2v) is 4.39. The summed E-state index contributed by atoms with van der Waals surface area (Å²) in [5.74, 6) is 0. The van der Waals surface area contributed by atoms with E-state index >= 15 is 0 Å². The molecule has 1 aromatic heterocycles. The molecule has 1 atom stereocenters. The number of hydrogen-bond donors (Lipinski definition) is 2. The van der Waals surface area contributed by atoms with Crippen LogP contribution >= 0.6 is 11.6 Å². The molecule has 0 saturated carbocycles. The van der Waals surface area contributed by atoms with Gasteiger partial charge in [0.15, 0.2) is 0 Å². The molecule has 0 saturated heterocycles. The van der Waals surface area contributed by atoms with Crippen molar-refractivity contribution in [2.45, 2.75) is 19.4 Å². The Kier molecular flexibility index (Phi) is 5.91. The lowest BCUT2D eigenvalue weighted by atomic mass is 10.1. The third kappa shape index (κ3) is 4.27. The molecule has 0 aliphatic rings. The zero-order valence-electron chi connectivity index (χ0n) is 10.5. The van der Waals surface area contributed by atoms with Crippen molar-refractivity contribution >= 4 is 11.6 Å². The van der Waals surface area contributed by atoms with Crippen LogP contribution in [0, 0.1) is 6.92 Å². The van der Waals surface area contributed by atoms with Gasteiger partial charge in [0.2, 0.25) is 0 Å². The topological polar surface area (TPSA) is 59.3 Å². The Morgan fingerprint density at radius 2 is 2.29 bits per heavy atom. The van der Waals surface area contributed by atoms with E-state index in [9.17, 15) is 5.11 Å². The first-order chi connectivity index (χ1) is 8.06. The number of methoxy groups -OCH3 is 1. The van der Waals surface area contributed by atoms with Gasteiger partial charge < -0.3 is 15.2 Å². The smallest absolute Gasteiger partial charge is 0.130 e. The highest BCUT2D eigenvalue weighted by atomic mass is 35.5. The van der Waals surface area contributed by atoms with Crippen LogP contribution < -0.4 is 5.32 Å². The number of aryl methyl sites for hydroxylation is 2. The van der Waals surface area contributed by atoms with Crippen LogP contribution in [-0.2, 0) is 18.2 Å². The summed E-state index contributed by atoms with van der Waals surface area (Å²) in [7, 11) is 3.44. The van der Waals surface area contributed by atoms with Gasteiger partial charge in [-0.2, -0.15) is 5.10 Å². The average molecular weight is 262 g/mol. The van der Waals surface area contributed by atoms with E-state index in [1.165, 1.54) is 0 Å². The Morgan fingerprint density at radius 1 is 1.59 bits per heavy atom. The van der Waals surface area contributed by atoms with E-state index in [4.69, 9.17) is 16.3 Å². The first kappa shape index (κ1) is 14.4. The Hall–Kier alpha value is -0.620. The summed E-state index contributed by atoms with van der Waals surface area (Å²) in [5, 5.41) is 17.8. The average Bonchev–Trinajstić information content (AvgIpc) is 2.52. The highest BCUT2D eigenvalue weighted by Gasteiger charge is 2.15. The molecule has 1 unspecified atom stereocenters. The number of nitrogens with zero attached hydrogens (tertiary/aromatic N) is 2. The molecule has 1 heterocycles. The first-order valence-corrected chi connectivity index (χ1v) is 5.99. The standard InChI is InChI=1S/C11H20ClN3O2/c1-8-10(11(12)15(2)14-8)6-9(16)7-13-4-5-17-3/h9,13,16H,4-7H2,1-3H3. The van der Waals surface area contributed by atoms with Crippen molar-refractivity contribution in [3.63, 3.8) is 0 Å². The SMILES string of the molecule is COCCNCC(O)Cc1c(C)nn(C)c1Cl. The van der Waals surface area contributed by atoms with Gasteiger partial charge in [0, 0.05) is 39.2 Å². The van der Waals surface area contributed by atoms with Crippen molar-refractivity contribution in [1.29, 1.82) is 0 Å². The van der Waals surface area contributed by atoms with Crippen molar-refractivity contribution in [1.82, 2.24) is 15.1 Å². The van der Waals surface area contributed by atoms with Crippen LogP contribution in [0.1, 0.15) is 11.3 Å². The van der Waals surface area contributed by atoms with Gasteiger partial charge in [-0.1, -0.05) is 11.6 Å². The van der Waals surface area contributed by atoms with Crippen LogP contribution in [0.3, 0.4) is 0 Å². The summed E-state index contributed by atoms with van der Waals surface area (Å²) in [6, 6.07) is 0. The monoisotopic (exact) mass is 261 g/mol. The molecule has 0 radical (unpaired) electrons. The highest BCUT2D eigenvalue weighted by Crippen LogP contribution is 2.19. The lowest BCUT2D eigenvalue weighted by Gasteiger charge is -2.11. The maximum absolute atomic E-state index is 9.86. The number of aromatic nitrogens is 2. The molecule has 0 amide bonds. The minimum atomic E-state index is -0.466. The highest BCUT2D eigenvalue weighted by molar-refractivity contribution is 6.30. The Labute approximate surface area is 107 Å². The lowest BCUT2D eigenvalue weighted by molar-refractivity contribution is 0.160. The summed E-state index contributed by atoms with van der Waals surface area (Å²) in [4.78, 5) is 0. The van der Waals surface area contributed by atoms with Gasteiger partial charge in [-0.25, -0.2) is 0 Å². The van der Waals surface area contributed by atoms with E-state index in [2.05, 4.69) is 10.4 Å².